The summed E-state index contributed by atoms with van der Waals surface area (Å²) in [5, 5.41) is 9.04. The van der Waals surface area contributed by atoms with E-state index in [1.165, 1.54) is 30.3 Å². The third kappa shape index (κ3) is 4.76. The number of hydrogen-bond acceptors (Lipinski definition) is 4. The molecule has 0 spiro atoms. The molecule has 0 aliphatic rings. The average Bonchev–Trinajstić information content (AvgIpc) is 2.74. The number of aliphatic hydroxyl groups is 1. The van der Waals surface area contributed by atoms with E-state index in [2.05, 4.69) is 4.72 Å². The summed E-state index contributed by atoms with van der Waals surface area (Å²) < 4.78 is 41.5. The first kappa shape index (κ1) is 20.9. The van der Waals surface area contributed by atoms with Gasteiger partial charge in [0.05, 0.1) is 23.6 Å². The highest BCUT2D eigenvalue weighted by Gasteiger charge is 2.20. The van der Waals surface area contributed by atoms with Crippen molar-refractivity contribution in [3.63, 3.8) is 0 Å². The molecule has 3 aromatic rings. The van der Waals surface area contributed by atoms with Gasteiger partial charge in [0.1, 0.15) is 5.82 Å². The van der Waals surface area contributed by atoms with Crippen LogP contribution >= 0.6 is 0 Å². The third-order valence-electron chi connectivity index (χ3n) is 4.50. The predicted octanol–water partition coefficient (Wildman–Crippen LogP) is 3.45. The Kier molecular flexibility index (Phi) is 6.22. The number of aliphatic hydroxyl groups excluding tert-OH is 1. The van der Waals surface area contributed by atoms with Crippen LogP contribution in [0.3, 0.4) is 0 Å². The average molecular weight is 413 g/mol. The highest BCUT2D eigenvalue weighted by atomic mass is 32.2. The molecular weight excluding hydrogens is 393 g/mol. The van der Waals surface area contributed by atoms with Crippen LogP contribution < -0.4 is 4.72 Å². The van der Waals surface area contributed by atoms with Crippen molar-refractivity contribution in [2.75, 3.05) is 6.54 Å². The van der Waals surface area contributed by atoms with Gasteiger partial charge in [-0.05, 0) is 53.4 Å². The minimum atomic E-state index is -3.95. The number of rotatable bonds is 7. The van der Waals surface area contributed by atoms with Crippen molar-refractivity contribution >= 4 is 15.8 Å². The van der Waals surface area contributed by atoms with Crippen molar-refractivity contribution in [3.8, 4) is 11.1 Å². The van der Waals surface area contributed by atoms with Gasteiger partial charge in [0, 0.05) is 0 Å². The Morgan fingerprint density at radius 3 is 2.28 bits per heavy atom. The van der Waals surface area contributed by atoms with E-state index >= 15 is 0 Å². The minimum Gasteiger partial charge on any atom is -0.392 e. The molecule has 0 aliphatic carbocycles. The molecule has 0 aromatic heterocycles. The maximum absolute atomic E-state index is 14.6. The summed E-state index contributed by atoms with van der Waals surface area (Å²) in [5.41, 5.74) is 2.21. The van der Waals surface area contributed by atoms with E-state index in [-0.39, 0.29) is 17.1 Å². The number of sulfonamides is 1. The van der Waals surface area contributed by atoms with Crippen LogP contribution in [-0.2, 0) is 16.6 Å². The largest absolute Gasteiger partial charge is 0.392 e. The van der Waals surface area contributed by atoms with Crippen LogP contribution in [0.15, 0.2) is 71.6 Å². The number of ketones is 1. The van der Waals surface area contributed by atoms with Gasteiger partial charge in [0.2, 0.25) is 10.0 Å². The molecule has 0 aliphatic heterocycles. The Morgan fingerprint density at radius 1 is 1.00 bits per heavy atom. The van der Waals surface area contributed by atoms with Crippen molar-refractivity contribution in [2.24, 2.45) is 0 Å². The zero-order valence-electron chi connectivity index (χ0n) is 15.7. The van der Waals surface area contributed by atoms with Gasteiger partial charge < -0.3 is 5.11 Å². The molecule has 7 heteroatoms. The van der Waals surface area contributed by atoms with Gasteiger partial charge in [-0.25, -0.2) is 17.5 Å². The lowest BCUT2D eigenvalue weighted by atomic mass is 9.98. The second-order valence-electron chi connectivity index (χ2n) is 6.57. The topological polar surface area (TPSA) is 83.5 Å². The van der Waals surface area contributed by atoms with Crippen LogP contribution in [0.5, 0.6) is 0 Å². The Hall–Kier alpha value is -2.87. The second-order valence-corrected chi connectivity index (χ2v) is 8.34. The highest BCUT2D eigenvalue weighted by molar-refractivity contribution is 7.89. The van der Waals surface area contributed by atoms with Gasteiger partial charge in [-0.1, -0.05) is 42.5 Å². The highest BCUT2D eigenvalue weighted by Crippen LogP contribution is 2.25. The lowest BCUT2D eigenvalue weighted by Crippen LogP contribution is -2.30. The summed E-state index contributed by atoms with van der Waals surface area (Å²) in [6, 6.07) is 17.9. The third-order valence-corrected chi connectivity index (χ3v) is 5.92. The fourth-order valence-electron chi connectivity index (χ4n) is 2.88. The first-order valence-electron chi connectivity index (χ1n) is 8.90. The van der Waals surface area contributed by atoms with Crippen molar-refractivity contribution in [3.05, 3.63) is 89.2 Å². The summed E-state index contributed by atoms with van der Waals surface area (Å²) in [6.07, 6.45) is 0. The van der Waals surface area contributed by atoms with Gasteiger partial charge in [-0.15, -0.1) is 0 Å². The quantitative estimate of drug-likeness (QED) is 0.581. The minimum absolute atomic E-state index is 0.0443. The zero-order chi connectivity index (χ0) is 21.0. The first-order valence-corrected chi connectivity index (χ1v) is 10.4. The van der Waals surface area contributed by atoms with Crippen LogP contribution in [0.2, 0.25) is 0 Å². The molecule has 3 rings (SSSR count). The van der Waals surface area contributed by atoms with Gasteiger partial charge in [0.15, 0.2) is 5.78 Å². The number of carbonyl (C=O) groups is 1. The van der Waals surface area contributed by atoms with E-state index in [1.54, 1.807) is 13.0 Å². The number of halogens is 1. The predicted molar refractivity (Wildman–Crippen MR) is 108 cm³/mol. The summed E-state index contributed by atoms with van der Waals surface area (Å²) in [6.45, 7) is 0.784. The molecule has 2 N–H and O–H groups in total. The molecule has 29 heavy (non-hydrogen) atoms. The van der Waals surface area contributed by atoms with Crippen molar-refractivity contribution in [2.45, 2.75) is 18.4 Å². The SMILES string of the molecule is Cc1cc(-c2ccccc2)cc(C(=O)CNS(=O)(=O)c2ccc(CO)cc2)c1F. The monoisotopic (exact) mass is 413 g/mol. The Balaban J connectivity index is 1.82. The number of hydrogen-bond donors (Lipinski definition) is 2. The summed E-state index contributed by atoms with van der Waals surface area (Å²) >= 11 is 0. The molecule has 0 radical (unpaired) electrons. The number of Topliss-reactive ketones (excluding diaryl/α,β-unsaturated/α-hetero) is 1. The molecule has 0 heterocycles. The van der Waals surface area contributed by atoms with E-state index in [4.69, 9.17) is 5.11 Å². The second kappa shape index (κ2) is 8.65. The van der Waals surface area contributed by atoms with Gasteiger partial charge in [-0.2, -0.15) is 0 Å². The Bertz CT molecular complexity index is 1130. The Labute approximate surface area is 168 Å². The normalized spacial score (nSPS) is 11.4. The zero-order valence-corrected chi connectivity index (χ0v) is 16.5. The smallest absolute Gasteiger partial charge is 0.240 e. The Morgan fingerprint density at radius 2 is 1.66 bits per heavy atom. The van der Waals surface area contributed by atoms with E-state index < -0.39 is 28.2 Å². The molecule has 0 saturated heterocycles. The number of aryl methyl sites for hydroxylation is 1. The summed E-state index contributed by atoms with van der Waals surface area (Å²) in [7, 11) is -3.95. The standard InChI is InChI=1S/C22H20FNO4S/c1-15-11-18(17-5-3-2-4-6-17)12-20(22(15)23)21(26)13-24-29(27,28)19-9-7-16(14-25)8-10-19/h2-12,24-25H,13-14H2,1H3. The van der Waals surface area contributed by atoms with Crippen molar-refractivity contribution in [1.29, 1.82) is 0 Å². The summed E-state index contributed by atoms with van der Waals surface area (Å²) in [4.78, 5) is 12.5. The van der Waals surface area contributed by atoms with Crippen LogP contribution in [0.4, 0.5) is 4.39 Å². The van der Waals surface area contributed by atoms with E-state index in [0.29, 0.717) is 16.7 Å². The van der Waals surface area contributed by atoms with Crippen LogP contribution in [0.1, 0.15) is 21.5 Å². The van der Waals surface area contributed by atoms with Crippen molar-refractivity contribution < 1.29 is 22.7 Å². The molecule has 0 amide bonds. The fraction of sp³-hybridized carbons (Fsp3) is 0.136. The lowest BCUT2D eigenvalue weighted by molar-refractivity contribution is 0.0993. The molecule has 5 nitrogen and oxygen atoms in total. The van der Waals surface area contributed by atoms with Gasteiger partial charge in [-0.3, -0.25) is 4.79 Å². The van der Waals surface area contributed by atoms with E-state index in [9.17, 15) is 17.6 Å². The molecule has 0 saturated carbocycles. The fourth-order valence-corrected chi connectivity index (χ4v) is 3.87. The molecule has 0 unspecified atom stereocenters. The lowest BCUT2D eigenvalue weighted by Gasteiger charge is -2.11. The molecule has 150 valence electrons. The summed E-state index contributed by atoms with van der Waals surface area (Å²) in [5.74, 6) is -1.33. The molecule has 0 fully saturated rings. The molecule has 0 bridgehead atoms. The molecule has 0 atom stereocenters. The molecule has 3 aromatic carbocycles. The first-order chi connectivity index (χ1) is 13.8. The number of benzene rings is 3. The van der Waals surface area contributed by atoms with E-state index in [1.807, 2.05) is 30.3 Å². The van der Waals surface area contributed by atoms with Crippen LogP contribution in [-0.4, -0.2) is 25.9 Å². The molecular formula is C22H20FNO4S. The maximum Gasteiger partial charge on any atom is 0.240 e. The van der Waals surface area contributed by atoms with Gasteiger partial charge >= 0.3 is 0 Å². The van der Waals surface area contributed by atoms with Crippen LogP contribution in [0.25, 0.3) is 11.1 Å². The number of nitrogens with one attached hydrogen (secondary N) is 1. The maximum atomic E-state index is 14.6. The van der Waals surface area contributed by atoms with E-state index in [0.717, 1.165) is 5.56 Å². The van der Waals surface area contributed by atoms with Crippen LogP contribution in [0, 0.1) is 12.7 Å². The van der Waals surface area contributed by atoms with Gasteiger partial charge in [0.25, 0.3) is 0 Å². The number of carbonyl (C=O) groups excluding carboxylic acids is 1. The van der Waals surface area contributed by atoms with Crippen molar-refractivity contribution in [1.82, 2.24) is 4.72 Å².